The van der Waals surface area contributed by atoms with Gasteiger partial charge < -0.3 is 25.2 Å². The van der Waals surface area contributed by atoms with Crippen molar-refractivity contribution >= 4 is 0 Å². The Bertz CT molecular complexity index is 882. The number of rotatable bonds is 7. The Morgan fingerprint density at radius 1 is 0.970 bits per heavy atom. The maximum Gasteiger partial charge on any atom is 0.110 e. The molecule has 4 N–H and O–H groups in total. The fourth-order valence-corrected chi connectivity index (χ4v) is 4.59. The van der Waals surface area contributed by atoms with Crippen LogP contribution in [-0.2, 0) is 17.6 Å². The summed E-state index contributed by atoms with van der Waals surface area (Å²) in [5, 5.41) is 39.8. The zero-order chi connectivity index (χ0) is 24.2. The number of aliphatic hydroxyl groups is 4. The Kier molecular flexibility index (Phi) is 8.70. The fourth-order valence-electron chi connectivity index (χ4n) is 4.59. The van der Waals surface area contributed by atoms with Crippen molar-refractivity contribution in [3.63, 3.8) is 0 Å². The molecule has 4 atom stereocenters. The van der Waals surface area contributed by atoms with Gasteiger partial charge in [0.05, 0.1) is 24.4 Å². The topological polar surface area (TPSA) is 90.2 Å². The van der Waals surface area contributed by atoms with Crippen LogP contribution in [0.1, 0.15) is 86.8 Å². The monoisotopic (exact) mass is 456 g/mol. The van der Waals surface area contributed by atoms with Crippen LogP contribution in [0, 0.1) is 0 Å². The zero-order valence-electron chi connectivity index (χ0n) is 20.4. The molecule has 0 unspecified atom stereocenters. The van der Waals surface area contributed by atoms with Crippen LogP contribution in [0.15, 0.2) is 42.5 Å². The van der Waals surface area contributed by atoms with Crippen LogP contribution in [0.4, 0.5) is 0 Å². The van der Waals surface area contributed by atoms with E-state index in [2.05, 4.69) is 42.5 Å². The van der Waals surface area contributed by atoms with Gasteiger partial charge in [-0.1, -0.05) is 56.3 Å². The molecule has 1 aliphatic heterocycles. The molecule has 1 aliphatic carbocycles. The summed E-state index contributed by atoms with van der Waals surface area (Å²) in [4.78, 5) is 0. The lowest BCUT2D eigenvalue weighted by Crippen LogP contribution is -2.47. The molecule has 0 bridgehead atoms. The van der Waals surface area contributed by atoms with Gasteiger partial charge in [0.15, 0.2) is 0 Å². The van der Waals surface area contributed by atoms with Crippen LogP contribution in [-0.4, -0.2) is 50.9 Å². The molecule has 0 spiro atoms. The summed E-state index contributed by atoms with van der Waals surface area (Å²) in [6.07, 6.45) is 1.08. The molecule has 5 heteroatoms. The molecule has 0 amide bonds. The zero-order valence-corrected chi connectivity index (χ0v) is 20.4. The number of ether oxygens (including phenoxy) is 1. The third kappa shape index (κ3) is 6.87. The predicted octanol–water partition coefficient (Wildman–Crippen LogP) is 4.04. The van der Waals surface area contributed by atoms with Crippen molar-refractivity contribution in [2.75, 3.05) is 6.61 Å². The fraction of sp³-hybridized carbons (Fsp3) is 0.571. The van der Waals surface area contributed by atoms with Crippen molar-refractivity contribution < 1.29 is 25.2 Å². The van der Waals surface area contributed by atoms with E-state index in [0.29, 0.717) is 18.8 Å². The van der Waals surface area contributed by atoms with E-state index in [9.17, 15) is 20.4 Å². The SMILES string of the molecule is CC.CC(C)(O)Cc1ccc(Cc2cc([C@H]3C[C@@H](O)[C@H](O)[C@@H](CO)O3)ccc2C2CC2)cc1. The minimum Gasteiger partial charge on any atom is -0.394 e. The van der Waals surface area contributed by atoms with E-state index in [1.165, 1.54) is 29.5 Å². The molecule has 1 saturated heterocycles. The lowest BCUT2D eigenvalue weighted by atomic mass is 9.89. The Hall–Kier alpha value is -1.76. The molecule has 2 aromatic carbocycles. The predicted molar refractivity (Wildman–Crippen MR) is 130 cm³/mol. The van der Waals surface area contributed by atoms with Gasteiger partial charge >= 0.3 is 0 Å². The smallest absolute Gasteiger partial charge is 0.110 e. The Morgan fingerprint density at radius 2 is 1.61 bits per heavy atom. The van der Waals surface area contributed by atoms with E-state index in [-0.39, 0.29) is 12.7 Å². The maximum atomic E-state index is 10.2. The van der Waals surface area contributed by atoms with Crippen molar-refractivity contribution in [1.82, 2.24) is 0 Å². The summed E-state index contributed by atoms with van der Waals surface area (Å²) in [5.41, 5.74) is 5.22. The van der Waals surface area contributed by atoms with E-state index >= 15 is 0 Å². The van der Waals surface area contributed by atoms with Gasteiger partial charge in [-0.15, -0.1) is 0 Å². The first-order valence-corrected chi connectivity index (χ1v) is 12.3. The maximum absolute atomic E-state index is 10.2. The van der Waals surface area contributed by atoms with Gasteiger partial charge in [0.25, 0.3) is 0 Å². The van der Waals surface area contributed by atoms with Gasteiger partial charge in [0.2, 0.25) is 0 Å². The molecule has 4 rings (SSSR count). The summed E-state index contributed by atoms with van der Waals surface area (Å²) in [6.45, 7) is 7.32. The van der Waals surface area contributed by atoms with Gasteiger partial charge in [0.1, 0.15) is 12.2 Å². The number of aliphatic hydroxyl groups excluding tert-OH is 3. The standard InChI is InChI=1S/C26H34O5.C2H6/c1-26(2,30)14-17-5-3-16(4-6-17)11-20-12-19(9-10-21(20)18-7-8-18)23-13-22(28)25(29)24(15-27)31-23;1-2/h3-6,9-10,12,18,22-25,27-30H,7-8,11,13-15H2,1-2H3;1-2H3/t22-,23-,24-,25+;/m1./s1. The third-order valence-electron chi connectivity index (χ3n) is 6.36. The number of hydrogen-bond acceptors (Lipinski definition) is 5. The second kappa shape index (κ2) is 11.1. The second-order valence-corrected chi connectivity index (χ2v) is 9.85. The first-order chi connectivity index (χ1) is 15.7. The van der Waals surface area contributed by atoms with Crippen LogP contribution in [0.25, 0.3) is 0 Å². The quantitative estimate of drug-likeness (QED) is 0.505. The van der Waals surface area contributed by atoms with Gasteiger partial charge in [-0.25, -0.2) is 0 Å². The highest BCUT2D eigenvalue weighted by Gasteiger charge is 2.37. The van der Waals surface area contributed by atoms with Gasteiger partial charge in [-0.3, -0.25) is 0 Å². The van der Waals surface area contributed by atoms with Crippen molar-refractivity contribution in [2.45, 2.75) is 95.7 Å². The van der Waals surface area contributed by atoms with Crippen molar-refractivity contribution in [3.8, 4) is 0 Å². The Labute approximate surface area is 198 Å². The molecule has 2 aliphatic rings. The summed E-state index contributed by atoms with van der Waals surface area (Å²) < 4.78 is 5.90. The van der Waals surface area contributed by atoms with E-state index in [0.717, 1.165) is 17.5 Å². The summed E-state index contributed by atoms with van der Waals surface area (Å²) in [6, 6.07) is 14.8. The lowest BCUT2D eigenvalue weighted by Gasteiger charge is -2.36. The van der Waals surface area contributed by atoms with Crippen molar-refractivity contribution in [3.05, 3.63) is 70.3 Å². The van der Waals surface area contributed by atoms with E-state index in [4.69, 9.17) is 4.74 Å². The van der Waals surface area contributed by atoms with Crippen LogP contribution in [0.2, 0.25) is 0 Å². The highest BCUT2D eigenvalue weighted by molar-refractivity contribution is 5.41. The Balaban J connectivity index is 0.00000149. The van der Waals surface area contributed by atoms with E-state index in [1.54, 1.807) is 0 Å². The molecule has 33 heavy (non-hydrogen) atoms. The van der Waals surface area contributed by atoms with Crippen molar-refractivity contribution in [1.29, 1.82) is 0 Å². The molecule has 2 fully saturated rings. The van der Waals surface area contributed by atoms with Gasteiger partial charge in [0, 0.05) is 12.8 Å². The largest absolute Gasteiger partial charge is 0.394 e. The first-order valence-electron chi connectivity index (χ1n) is 12.3. The molecule has 1 saturated carbocycles. The first kappa shape index (κ1) is 25.9. The van der Waals surface area contributed by atoms with Crippen LogP contribution in [0.5, 0.6) is 0 Å². The van der Waals surface area contributed by atoms with E-state index < -0.39 is 23.9 Å². The third-order valence-corrected chi connectivity index (χ3v) is 6.36. The molecule has 182 valence electrons. The average Bonchev–Trinajstić information content (AvgIpc) is 3.62. The van der Waals surface area contributed by atoms with Gasteiger partial charge in [-0.05, 0) is 66.8 Å². The lowest BCUT2D eigenvalue weighted by molar-refractivity contribution is -0.181. The minimum absolute atomic E-state index is 0.311. The molecule has 2 aromatic rings. The summed E-state index contributed by atoms with van der Waals surface area (Å²) in [5.74, 6) is 0.614. The normalized spacial score (nSPS) is 25.3. The molecule has 1 heterocycles. The Morgan fingerprint density at radius 3 is 2.18 bits per heavy atom. The summed E-state index contributed by atoms with van der Waals surface area (Å²) >= 11 is 0. The van der Waals surface area contributed by atoms with Crippen LogP contribution < -0.4 is 0 Å². The highest BCUT2D eigenvalue weighted by Crippen LogP contribution is 2.43. The molecular formula is C28H40O5. The second-order valence-electron chi connectivity index (χ2n) is 9.85. The minimum atomic E-state index is -1.06. The highest BCUT2D eigenvalue weighted by atomic mass is 16.5. The number of hydrogen-bond donors (Lipinski definition) is 4. The summed E-state index contributed by atoms with van der Waals surface area (Å²) in [7, 11) is 0. The van der Waals surface area contributed by atoms with Crippen LogP contribution in [0.3, 0.4) is 0 Å². The number of benzene rings is 2. The average molecular weight is 457 g/mol. The van der Waals surface area contributed by atoms with Crippen LogP contribution >= 0.6 is 0 Å². The van der Waals surface area contributed by atoms with Crippen molar-refractivity contribution in [2.24, 2.45) is 0 Å². The molecule has 5 nitrogen and oxygen atoms in total. The molecular weight excluding hydrogens is 416 g/mol. The molecule has 0 aromatic heterocycles. The van der Waals surface area contributed by atoms with Gasteiger partial charge in [-0.2, -0.15) is 0 Å². The molecule has 0 radical (unpaired) electrons. The van der Waals surface area contributed by atoms with E-state index in [1.807, 2.05) is 27.7 Å².